The highest BCUT2D eigenvalue weighted by Gasteiger charge is 2.10. The molecule has 0 aliphatic rings. The van der Waals surface area contributed by atoms with Crippen molar-refractivity contribution in [2.75, 3.05) is 7.05 Å². The number of halogens is 3. The third kappa shape index (κ3) is 5.70. The van der Waals surface area contributed by atoms with E-state index in [1.807, 2.05) is 0 Å². The maximum Gasteiger partial charge on any atom is 0.387 e. The molecule has 7 heteroatoms. The number of rotatable bonds is 6. The van der Waals surface area contributed by atoms with Gasteiger partial charge in [-0.25, -0.2) is 9.18 Å². The molecule has 0 fully saturated rings. The molecule has 25 heavy (non-hydrogen) atoms. The molecule has 2 aromatic rings. The number of carbonyl (C=O) groups excluding carboxylic acids is 1. The predicted octanol–water partition coefficient (Wildman–Crippen LogP) is 4.08. The minimum absolute atomic E-state index is 0.0623. The van der Waals surface area contributed by atoms with Crippen LogP contribution in [0.2, 0.25) is 0 Å². The fraction of sp³-hybridized carbons (Fsp3) is 0.278. The molecular formula is C18H19F3N2O2. The van der Waals surface area contributed by atoms with E-state index in [1.165, 1.54) is 23.1 Å². The molecule has 134 valence electrons. The first-order chi connectivity index (χ1) is 11.8. The summed E-state index contributed by atoms with van der Waals surface area (Å²) < 4.78 is 42.0. The Kier molecular flexibility index (Phi) is 6.27. The monoisotopic (exact) mass is 352 g/mol. The number of hydrogen-bond donors (Lipinski definition) is 1. The van der Waals surface area contributed by atoms with Gasteiger partial charge in [0, 0.05) is 20.1 Å². The lowest BCUT2D eigenvalue weighted by Gasteiger charge is -2.18. The highest BCUT2D eigenvalue weighted by molar-refractivity contribution is 5.73. The van der Waals surface area contributed by atoms with Crippen LogP contribution in [0.25, 0.3) is 0 Å². The molecule has 0 heterocycles. The third-order valence-corrected chi connectivity index (χ3v) is 3.59. The van der Waals surface area contributed by atoms with Gasteiger partial charge >= 0.3 is 12.6 Å². The first-order valence-corrected chi connectivity index (χ1v) is 7.63. The number of carbonyl (C=O) groups is 1. The molecular weight excluding hydrogens is 333 g/mol. The Bertz CT molecular complexity index is 721. The Morgan fingerprint density at radius 1 is 1.16 bits per heavy atom. The van der Waals surface area contributed by atoms with E-state index in [-0.39, 0.29) is 24.1 Å². The Morgan fingerprint density at radius 2 is 1.80 bits per heavy atom. The Balaban J connectivity index is 1.86. The van der Waals surface area contributed by atoms with Gasteiger partial charge in [-0.15, -0.1) is 0 Å². The lowest BCUT2D eigenvalue weighted by molar-refractivity contribution is -0.0498. The summed E-state index contributed by atoms with van der Waals surface area (Å²) in [5.41, 5.74) is 1.98. The largest absolute Gasteiger partial charge is 0.435 e. The van der Waals surface area contributed by atoms with E-state index in [4.69, 9.17) is 0 Å². The number of alkyl halides is 2. The molecule has 0 aliphatic carbocycles. The van der Waals surface area contributed by atoms with Gasteiger partial charge in [-0.3, -0.25) is 0 Å². The second-order valence-electron chi connectivity index (χ2n) is 5.62. The summed E-state index contributed by atoms with van der Waals surface area (Å²) in [4.78, 5) is 13.5. The number of nitrogens with zero attached hydrogens (tertiary/aromatic N) is 1. The minimum Gasteiger partial charge on any atom is -0.435 e. The van der Waals surface area contributed by atoms with E-state index in [9.17, 15) is 18.0 Å². The minimum atomic E-state index is -2.87. The molecule has 2 aromatic carbocycles. The summed E-state index contributed by atoms with van der Waals surface area (Å²) in [7, 11) is 1.61. The molecule has 0 aliphatic heterocycles. The van der Waals surface area contributed by atoms with Crippen LogP contribution in [0, 0.1) is 12.7 Å². The second-order valence-corrected chi connectivity index (χ2v) is 5.62. The van der Waals surface area contributed by atoms with Crippen molar-refractivity contribution in [3.05, 3.63) is 65.0 Å². The number of aryl methyl sites for hydroxylation is 1. The number of amides is 2. The summed E-state index contributed by atoms with van der Waals surface area (Å²) in [5.74, 6) is -0.251. The highest BCUT2D eigenvalue weighted by atomic mass is 19.3. The SMILES string of the molecule is Cc1ccc(CNC(=O)N(C)Cc2ccc(OC(F)F)cc2)cc1F. The van der Waals surface area contributed by atoms with Crippen LogP contribution in [0.5, 0.6) is 5.75 Å². The Labute approximate surface area is 144 Å². The van der Waals surface area contributed by atoms with Gasteiger partial charge in [0.25, 0.3) is 0 Å². The lowest BCUT2D eigenvalue weighted by atomic mass is 10.1. The predicted molar refractivity (Wildman–Crippen MR) is 87.9 cm³/mol. The molecule has 2 amide bonds. The normalized spacial score (nSPS) is 10.6. The first kappa shape index (κ1) is 18.6. The molecule has 0 saturated heterocycles. The molecule has 0 saturated carbocycles. The van der Waals surface area contributed by atoms with Crippen LogP contribution < -0.4 is 10.1 Å². The van der Waals surface area contributed by atoms with Crippen molar-refractivity contribution in [1.29, 1.82) is 0 Å². The average Bonchev–Trinajstić information content (AvgIpc) is 2.57. The third-order valence-electron chi connectivity index (χ3n) is 3.59. The summed E-state index contributed by atoms with van der Waals surface area (Å²) in [6, 6.07) is 10.5. The van der Waals surface area contributed by atoms with Crippen LogP contribution in [0.4, 0.5) is 18.0 Å². The van der Waals surface area contributed by atoms with Crippen molar-refractivity contribution >= 4 is 6.03 Å². The molecule has 0 bridgehead atoms. The van der Waals surface area contributed by atoms with E-state index < -0.39 is 6.61 Å². The molecule has 0 unspecified atom stereocenters. The van der Waals surface area contributed by atoms with E-state index in [0.29, 0.717) is 17.7 Å². The van der Waals surface area contributed by atoms with Crippen LogP contribution in [0.15, 0.2) is 42.5 Å². The van der Waals surface area contributed by atoms with Gasteiger partial charge < -0.3 is 15.0 Å². The topological polar surface area (TPSA) is 41.6 Å². The maximum atomic E-state index is 13.5. The molecule has 4 nitrogen and oxygen atoms in total. The molecule has 0 aromatic heterocycles. The lowest BCUT2D eigenvalue weighted by Crippen LogP contribution is -2.36. The van der Waals surface area contributed by atoms with E-state index >= 15 is 0 Å². The summed E-state index contributed by atoms with van der Waals surface area (Å²) in [6.45, 7) is -0.695. The quantitative estimate of drug-likeness (QED) is 0.851. The zero-order chi connectivity index (χ0) is 18.4. The van der Waals surface area contributed by atoms with Crippen LogP contribution in [-0.4, -0.2) is 24.6 Å². The highest BCUT2D eigenvalue weighted by Crippen LogP contribution is 2.16. The van der Waals surface area contributed by atoms with Crippen molar-refractivity contribution < 1.29 is 22.7 Å². The fourth-order valence-electron chi connectivity index (χ4n) is 2.18. The van der Waals surface area contributed by atoms with Gasteiger partial charge in [-0.1, -0.05) is 24.3 Å². The molecule has 2 rings (SSSR count). The van der Waals surface area contributed by atoms with Crippen LogP contribution in [0.1, 0.15) is 16.7 Å². The van der Waals surface area contributed by atoms with Gasteiger partial charge in [0.2, 0.25) is 0 Å². The summed E-state index contributed by atoms with van der Waals surface area (Å²) in [6.07, 6.45) is 0. The second kappa shape index (κ2) is 8.41. The van der Waals surface area contributed by atoms with Gasteiger partial charge in [-0.05, 0) is 41.8 Å². The number of nitrogens with one attached hydrogen (secondary N) is 1. The Morgan fingerprint density at radius 3 is 2.40 bits per heavy atom. The van der Waals surface area contributed by atoms with Crippen LogP contribution in [0.3, 0.4) is 0 Å². The first-order valence-electron chi connectivity index (χ1n) is 7.63. The standard InChI is InChI=1S/C18H19F3N2O2/c1-12-3-4-14(9-16(12)19)10-22-18(24)23(2)11-13-5-7-15(8-6-13)25-17(20)21/h3-9,17H,10-11H2,1-2H3,(H,22,24). The number of ether oxygens (including phenoxy) is 1. The molecule has 0 spiro atoms. The van der Waals surface area contributed by atoms with Gasteiger partial charge in [-0.2, -0.15) is 8.78 Å². The number of urea groups is 1. The summed E-state index contributed by atoms with van der Waals surface area (Å²) >= 11 is 0. The molecule has 0 radical (unpaired) electrons. The van der Waals surface area contributed by atoms with Crippen molar-refractivity contribution in [2.24, 2.45) is 0 Å². The zero-order valence-corrected chi connectivity index (χ0v) is 13.9. The average molecular weight is 352 g/mol. The van der Waals surface area contributed by atoms with E-state index in [1.54, 1.807) is 38.2 Å². The smallest absolute Gasteiger partial charge is 0.387 e. The van der Waals surface area contributed by atoms with Crippen LogP contribution >= 0.6 is 0 Å². The van der Waals surface area contributed by atoms with E-state index in [2.05, 4.69) is 10.1 Å². The van der Waals surface area contributed by atoms with Gasteiger partial charge in [0.15, 0.2) is 0 Å². The van der Waals surface area contributed by atoms with Gasteiger partial charge in [0.1, 0.15) is 11.6 Å². The Hall–Kier alpha value is -2.70. The van der Waals surface area contributed by atoms with Crippen molar-refractivity contribution in [3.63, 3.8) is 0 Å². The molecule has 1 N–H and O–H groups in total. The fourth-order valence-corrected chi connectivity index (χ4v) is 2.18. The molecule has 0 atom stereocenters. The summed E-state index contributed by atoms with van der Waals surface area (Å²) in [5, 5.41) is 2.70. The van der Waals surface area contributed by atoms with Crippen molar-refractivity contribution in [1.82, 2.24) is 10.2 Å². The van der Waals surface area contributed by atoms with Gasteiger partial charge in [0.05, 0.1) is 0 Å². The van der Waals surface area contributed by atoms with Crippen molar-refractivity contribution in [2.45, 2.75) is 26.6 Å². The van der Waals surface area contributed by atoms with Crippen LogP contribution in [-0.2, 0) is 13.1 Å². The zero-order valence-electron chi connectivity index (χ0n) is 13.9. The maximum absolute atomic E-state index is 13.5. The number of hydrogen-bond acceptors (Lipinski definition) is 2. The van der Waals surface area contributed by atoms with E-state index in [0.717, 1.165) is 5.56 Å². The van der Waals surface area contributed by atoms with Crippen molar-refractivity contribution in [3.8, 4) is 5.75 Å². The number of benzene rings is 2.